The van der Waals surface area contributed by atoms with Gasteiger partial charge >= 0.3 is 0 Å². The van der Waals surface area contributed by atoms with Crippen LogP contribution in [0, 0.1) is 35.5 Å². The summed E-state index contributed by atoms with van der Waals surface area (Å²) < 4.78 is 5.72. The predicted octanol–water partition coefficient (Wildman–Crippen LogP) is 8.35. The standard InChI is InChI=1S/C46H54N2O4/c1-3-4-11-32-24-34(25-33-22-23-48-44(47)28-33)26-36-18-21-39(35-14-9-6-10-15-35)45-37(17-19-38(49)30-42(50)41(36)27-32)29-43(52-2)46(51)40(45)20-16-31-12-7-5-8-13-31/h5-10,12-15,22,28-29,32,34,36,39,41,48,51H,3-4,11,16-17,19-20,23-27,30,47H2,1-2H3. The van der Waals surface area contributed by atoms with Gasteiger partial charge in [-0.15, -0.1) is 0 Å². The van der Waals surface area contributed by atoms with Crippen molar-refractivity contribution >= 4 is 11.6 Å². The van der Waals surface area contributed by atoms with Crippen LogP contribution in [0.1, 0.15) is 98.4 Å². The molecule has 0 saturated heterocycles. The van der Waals surface area contributed by atoms with Crippen LogP contribution < -0.4 is 15.8 Å². The van der Waals surface area contributed by atoms with Gasteiger partial charge in [0.15, 0.2) is 11.5 Å². The van der Waals surface area contributed by atoms with Gasteiger partial charge in [-0.2, -0.15) is 0 Å². The van der Waals surface area contributed by atoms with Crippen LogP contribution in [-0.2, 0) is 28.9 Å². The lowest BCUT2D eigenvalue weighted by Gasteiger charge is -2.26. The number of rotatable bonds is 10. The van der Waals surface area contributed by atoms with E-state index >= 15 is 0 Å². The van der Waals surface area contributed by atoms with Crippen LogP contribution in [0.4, 0.5) is 0 Å². The second-order valence-corrected chi connectivity index (χ2v) is 15.0. The molecule has 3 aromatic rings. The summed E-state index contributed by atoms with van der Waals surface area (Å²) >= 11 is 0. The van der Waals surface area contributed by atoms with Crippen molar-refractivity contribution in [1.29, 1.82) is 0 Å². The zero-order chi connectivity index (χ0) is 36.5. The minimum absolute atomic E-state index is 0.0382. The number of hydrogen-bond donors (Lipinski definition) is 3. The largest absolute Gasteiger partial charge is 0.504 e. The van der Waals surface area contributed by atoms with Gasteiger partial charge in [0.05, 0.1) is 25.3 Å². The van der Waals surface area contributed by atoms with Crippen molar-refractivity contribution in [1.82, 2.24) is 5.32 Å². The topological polar surface area (TPSA) is 102 Å². The summed E-state index contributed by atoms with van der Waals surface area (Å²) in [6.07, 6.45) is 13.0. The SMILES string of the molecule is CCCCC1CC(CC2=CCNC(N)=C2)CC2C#CC(c3ccccc3)c3c(cc(OC)c(O)c3CCc3ccccc3)CCC(=O)CC(=O)C2C1. The number of phenols is 1. The highest BCUT2D eigenvalue weighted by atomic mass is 16.5. The number of benzene rings is 3. The molecule has 1 aliphatic heterocycles. The van der Waals surface area contributed by atoms with E-state index in [2.05, 4.69) is 54.4 Å². The molecule has 4 N–H and O–H groups in total. The van der Waals surface area contributed by atoms with E-state index in [9.17, 15) is 14.7 Å². The molecule has 52 heavy (non-hydrogen) atoms. The van der Waals surface area contributed by atoms with E-state index in [1.165, 1.54) is 11.1 Å². The highest BCUT2D eigenvalue weighted by Crippen LogP contribution is 2.44. The van der Waals surface area contributed by atoms with Crippen LogP contribution in [0.15, 0.2) is 90.3 Å². The molecule has 6 rings (SSSR count). The van der Waals surface area contributed by atoms with Crippen molar-refractivity contribution in [2.75, 3.05) is 13.7 Å². The fourth-order valence-electron chi connectivity index (χ4n) is 8.72. The van der Waals surface area contributed by atoms with E-state index in [1.807, 2.05) is 48.5 Å². The van der Waals surface area contributed by atoms with E-state index < -0.39 is 0 Å². The number of dihydropyridines is 1. The molecule has 5 atom stereocenters. The fourth-order valence-corrected chi connectivity index (χ4v) is 8.72. The van der Waals surface area contributed by atoms with Gasteiger partial charge in [0.1, 0.15) is 11.6 Å². The highest BCUT2D eigenvalue weighted by molar-refractivity contribution is 6.00. The summed E-state index contributed by atoms with van der Waals surface area (Å²) in [5, 5.41) is 15.0. The van der Waals surface area contributed by atoms with E-state index in [1.54, 1.807) is 7.11 Å². The van der Waals surface area contributed by atoms with Gasteiger partial charge in [0.25, 0.3) is 0 Å². The number of unbranched alkanes of at least 4 members (excludes halogenated alkanes) is 1. The third-order valence-electron chi connectivity index (χ3n) is 11.3. The molecule has 2 aliphatic carbocycles. The molecule has 1 saturated carbocycles. The number of nitrogens with one attached hydrogen (secondary N) is 1. The molecule has 0 aromatic heterocycles. The summed E-state index contributed by atoms with van der Waals surface area (Å²) in [5.74, 6) is 8.63. The Kier molecular flexibility index (Phi) is 12.6. The third-order valence-corrected chi connectivity index (χ3v) is 11.3. The maximum Gasteiger partial charge on any atom is 0.161 e. The molecular weight excluding hydrogens is 645 g/mol. The van der Waals surface area contributed by atoms with E-state index in [4.69, 9.17) is 10.5 Å². The first-order chi connectivity index (χ1) is 25.3. The number of ether oxygens (including phenoxy) is 1. The zero-order valence-electron chi connectivity index (χ0n) is 30.8. The summed E-state index contributed by atoms with van der Waals surface area (Å²) in [6.45, 7) is 2.94. The Balaban J connectivity index is 1.49. The van der Waals surface area contributed by atoms with Crippen LogP contribution in [-0.4, -0.2) is 30.3 Å². The van der Waals surface area contributed by atoms with Gasteiger partial charge in [-0.25, -0.2) is 0 Å². The van der Waals surface area contributed by atoms with Crippen molar-refractivity contribution in [2.45, 2.75) is 89.9 Å². The first-order valence-corrected chi connectivity index (χ1v) is 19.3. The number of phenolic OH excluding ortho intramolecular Hbond substituents is 1. The number of methoxy groups -OCH3 is 1. The Morgan fingerprint density at radius 3 is 2.44 bits per heavy atom. The highest BCUT2D eigenvalue weighted by Gasteiger charge is 2.37. The zero-order valence-corrected chi connectivity index (χ0v) is 30.8. The van der Waals surface area contributed by atoms with Crippen LogP contribution in [0.3, 0.4) is 0 Å². The molecule has 5 unspecified atom stereocenters. The summed E-state index contributed by atoms with van der Waals surface area (Å²) in [5.41, 5.74) is 12.3. The number of Topliss-reactive ketones (excluding diaryl/α,β-unsaturated/α-hetero) is 2. The van der Waals surface area contributed by atoms with Crippen molar-refractivity contribution in [2.24, 2.45) is 29.4 Å². The predicted molar refractivity (Wildman–Crippen MR) is 208 cm³/mol. The lowest BCUT2D eigenvalue weighted by molar-refractivity contribution is -0.130. The molecule has 0 radical (unpaired) electrons. The summed E-state index contributed by atoms with van der Waals surface area (Å²) in [7, 11) is 1.57. The maximum absolute atomic E-state index is 14.2. The average Bonchev–Trinajstić information content (AvgIpc) is 3.32. The lowest BCUT2D eigenvalue weighted by atomic mass is 9.77. The van der Waals surface area contributed by atoms with Crippen LogP contribution in [0.25, 0.3) is 0 Å². The molecular formula is C46H54N2O4. The molecule has 272 valence electrons. The maximum atomic E-state index is 14.2. The van der Waals surface area contributed by atoms with Crippen molar-refractivity contribution in [3.8, 4) is 23.3 Å². The number of nitrogens with two attached hydrogens (primary N) is 1. The third kappa shape index (κ3) is 9.17. The van der Waals surface area contributed by atoms with Crippen LogP contribution in [0.2, 0.25) is 0 Å². The number of hydrogen-bond acceptors (Lipinski definition) is 6. The minimum Gasteiger partial charge on any atom is -0.504 e. The number of aromatic hydroxyl groups is 1. The van der Waals surface area contributed by atoms with Gasteiger partial charge in [-0.3, -0.25) is 9.59 Å². The van der Waals surface area contributed by atoms with Crippen molar-refractivity contribution < 1.29 is 19.4 Å². The summed E-state index contributed by atoms with van der Waals surface area (Å²) in [4.78, 5) is 27.9. The molecule has 3 aliphatic rings. The first kappa shape index (κ1) is 37.0. The number of ketones is 2. The smallest absolute Gasteiger partial charge is 0.161 e. The average molecular weight is 699 g/mol. The first-order valence-electron chi connectivity index (χ1n) is 19.3. The van der Waals surface area contributed by atoms with Gasteiger partial charge in [-0.1, -0.05) is 105 Å². The molecule has 0 amide bonds. The van der Waals surface area contributed by atoms with Crippen molar-refractivity contribution in [3.63, 3.8) is 0 Å². The fraction of sp³-hybridized carbons (Fsp3) is 0.435. The molecule has 6 nitrogen and oxygen atoms in total. The number of allylic oxidation sites excluding steroid dienone is 2. The minimum atomic E-state index is -0.364. The molecule has 3 aromatic carbocycles. The van der Waals surface area contributed by atoms with E-state index in [0.717, 1.165) is 80.2 Å². The van der Waals surface area contributed by atoms with E-state index in [-0.39, 0.29) is 47.9 Å². The van der Waals surface area contributed by atoms with Gasteiger partial charge in [0.2, 0.25) is 0 Å². The van der Waals surface area contributed by atoms with Gasteiger partial charge in [-0.05, 0) is 96.8 Å². The second kappa shape index (κ2) is 17.6. The number of aryl methyl sites for hydroxylation is 2. The normalized spacial score (nSPS) is 23.5. The van der Waals surface area contributed by atoms with Gasteiger partial charge < -0.3 is 20.9 Å². The van der Waals surface area contributed by atoms with E-state index in [0.29, 0.717) is 36.2 Å². The number of carbonyl (C=O) groups excluding carboxylic acids is 2. The second-order valence-electron chi connectivity index (χ2n) is 15.0. The molecule has 1 heterocycles. The van der Waals surface area contributed by atoms with Crippen LogP contribution in [0.5, 0.6) is 11.5 Å². The molecule has 6 heteroatoms. The summed E-state index contributed by atoms with van der Waals surface area (Å²) in [6, 6.07) is 22.4. The Hall–Kier alpha value is -4.76. The molecule has 1 fully saturated rings. The molecule has 0 bridgehead atoms. The Labute approximate surface area is 309 Å². The number of fused-ring (bicyclic) bond motifs is 2. The lowest BCUT2D eigenvalue weighted by Crippen LogP contribution is -2.27. The Bertz CT molecular complexity index is 1830. The number of carbonyl (C=O) groups is 2. The van der Waals surface area contributed by atoms with Crippen LogP contribution >= 0.6 is 0 Å². The quantitative estimate of drug-likeness (QED) is 0.145. The monoisotopic (exact) mass is 698 g/mol. The van der Waals surface area contributed by atoms with Crippen molar-refractivity contribution in [3.05, 3.63) is 118 Å². The Morgan fingerprint density at radius 2 is 1.71 bits per heavy atom. The van der Waals surface area contributed by atoms with Gasteiger partial charge in [0, 0.05) is 30.4 Å². The Morgan fingerprint density at radius 1 is 0.942 bits per heavy atom. The molecule has 0 spiro atoms.